The van der Waals surface area contributed by atoms with Gasteiger partial charge >= 0.3 is 6.18 Å². The summed E-state index contributed by atoms with van der Waals surface area (Å²) in [5, 5.41) is 11.7. The van der Waals surface area contributed by atoms with E-state index >= 15 is 0 Å². The summed E-state index contributed by atoms with van der Waals surface area (Å²) in [5.41, 5.74) is -0.560. The molecule has 1 fully saturated rings. The molecule has 2 atom stereocenters. The van der Waals surface area contributed by atoms with Gasteiger partial charge in [-0.2, -0.15) is 18.4 Å². The number of halogens is 4. The van der Waals surface area contributed by atoms with Crippen molar-refractivity contribution < 1.29 is 17.6 Å². The summed E-state index contributed by atoms with van der Waals surface area (Å²) in [5.74, 6) is 0. The third kappa shape index (κ3) is 3.16. The van der Waals surface area contributed by atoms with Crippen molar-refractivity contribution in [1.82, 2.24) is 0 Å². The van der Waals surface area contributed by atoms with E-state index in [1.165, 1.54) is 0 Å². The molecule has 0 aliphatic heterocycles. The number of nitriles is 1. The highest BCUT2D eigenvalue weighted by Gasteiger charge is 2.31. The summed E-state index contributed by atoms with van der Waals surface area (Å²) in [6, 6.07) is 4.53. The normalized spacial score (nSPS) is 23.1. The Kier molecular flexibility index (Phi) is 3.65. The van der Waals surface area contributed by atoms with E-state index in [0.717, 1.165) is 18.2 Å². The van der Waals surface area contributed by atoms with Gasteiger partial charge in [-0.3, -0.25) is 0 Å². The van der Waals surface area contributed by atoms with Crippen molar-refractivity contribution in [2.75, 3.05) is 5.32 Å². The van der Waals surface area contributed by atoms with Crippen LogP contribution in [0.3, 0.4) is 0 Å². The molecule has 0 radical (unpaired) electrons. The molecule has 2 rings (SSSR count). The van der Waals surface area contributed by atoms with Crippen LogP contribution in [0.4, 0.5) is 23.2 Å². The van der Waals surface area contributed by atoms with Gasteiger partial charge in [0.2, 0.25) is 0 Å². The van der Waals surface area contributed by atoms with Gasteiger partial charge in [-0.1, -0.05) is 0 Å². The zero-order valence-electron chi connectivity index (χ0n) is 9.97. The lowest BCUT2D eigenvalue weighted by Crippen LogP contribution is -2.17. The summed E-state index contributed by atoms with van der Waals surface area (Å²) in [7, 11) is 0. The van der Waals surface area contributed by atoms with Gasteiger partial charge in [-0.05, 0) is 37.5 Å². The Hall–Kier alpha value is -1.77. The number of rotatable bonds is 2. The summed E-state index contributed by atoms with van der Waals surface area (Å²) >= 11 is 0. The quantitative estimate of drug-likeness (QED) is 0.829. The van der Waals surface area contributed by atoms with E-state index < -0.39 is 17.9 Å². The minimum Gasteiger partial charge on any atom is -0.381 e. The molecule has 0 saturated heterocycles. The molecule has 102 valence electrons. The molecule has 0 spiro atoms. The summed E-state index contributed by atoms with van der Waals surface area (Å²) in [6.45, 7) is 0. The van der Waals surface area contributed by atoms with Gasteiger partial charge in [0.05, 0.1) is 16.8 Å². The molecule has 1 aliphatic rings. The summed E-state index contributed by atoms with van der Waals surface area (Å²) in [6.07, 6.45) is -4.15. The Morgan fingerprint density at radius 3 is 2.53 bits per heavy atom. The maximum Gasteiger partial charge on any atom is 0.416 e. The molecule has 2 unspecified atom stereocenters. The van der Waals surface area contributed by atoms with Gasteiger partial charge in [-0.15, -0.1) is 0 Å². The summed E-state index contributed by atoms with van der Waals surface area (Å²) < 4.78 is 50.9. The fourth-order valence-electron chi connectivity index (χ4n) is 2.21. The third-order valence-electron chi connectivity index (χ3n) is 3.20. The van der Waals surface area contributed by atoms with Crippen molar-refractivity contribution in [1.29, 1.82) is 5.26 Å². The van der Waals surface area contributed by atoms with E-state index in [4.69, 9.17) is 5.26 Å². The smallest absolute Gasteiger partial charge is 0.381 e. The van der Waals surface area contributed by atoms with Crippen LogP contribution >= 0.6 is 0 Å². The zero-order valence-corrected chi connectivity index (χ0v) is 9.97. The van der Waals surface area contributed by atoms with Crippen molar-refractivity contribution in [3.8, 4) is 6.07 Å². The second kappa shape index (κ2) is 5.08. The van der Waals surface area contributed by atoms with Crippen LogP contribution in [0.2, 0.25) is 0 Å². The highest BCUT2D eigenvalue weighted by Crippen LogP contribution is 2.33. The van der Waals surface area contributed by atoms with E-state index in [0.29, 0.717) is 12.8 Å². The van der Waals surface area contributed by atoms with E-state index in [2.05, 4.69) is 5.32 Å². The highest BCUT2D eigenvalue weighted by molar-refractivity contribution is 5.59. The molecule has 0 aromatic heterocycles. The number of nitrogens with one attached hydrogen (secondary N) is 1. The first-order valence-electron chi connectivity index (χ1n) is 5.92. The Bertz CT molecular complexity index is 504. The molecule has 1 aromatic rings. The molecule has 0 amide bonds. The first kappa shape index (κ1) is 13.7. The number of anilines is 1. The largest absolute Gasteiger partial charge is 0.416 e. The lowest BCUT2D eigenvalue weighted by atomic mass is 10.1. The minimum atomic E-state index is -4.46. The Morgan fingerprint density at radius 2 is 2.00 bits per heavy atom. The van der Waals surface area contributed by atoms with Crippen LogP contribution in [0, 0.1) is 11.3 Å². The van der Waals surface area contributed by atoms with Gasteiger partial charge < -0.3 is 5.32 Å². The molecular weight excluding hydrogens is 260 g/mol. The van der Waals surface area contributed by atoms with Crippen LogP contribution in [0.25, 0.3) is 0 Å². The summed E-state index contributed by atoms with van der Waals surface area (Å²) in [4.78, 5) is 0. The Morgan fingerprint density at radius 1 is 1.26 bits per heavy atom. The third-order valence-corrected chi connectivity index (χ3v) is 3.20. The number of benzene rings is 1. The Balaban J connectivity index is 2.25. The number of nitrogens with zero attached hydrogens (tertiary/aromatic N) is 1. The topological polar surface area (TPSA) is 35.8 Å². The van der Waals surface area contributed by atoms with Crippen LogP contribution in [-0.2, 0) is 6.18 Å². The van der Waals surface area contributed by atoms with Crippen molar-refractivity contribution >= 4 is 5.69 Å². The molecule has 1 N–H and O–H groups in total. The lowest BCUT2D eigenvalue weighted by molar-refractivity contribution is -0.137. The zero-order chi connectivity index (χ0) is 14.0. The molecule has 2 nitrogen and oxygen atoms in total. The van der Waals surface area contributed by atoms with E-state index in [1.54, 1.807) is 0 Å². The number of hydrogen-bond donors (Lipinski definition) is 1. The molecule has 19 heavy (non-hydrogen) atoms. The lowest BCUT2D eigenvalue weighted by Gasteiger charge is -2.16. The van der Waals surface area contributed by atoms with Gasteiger partial charge in [0.25, 0.3) is 0 Å². The van der Waals surface area contributed by atoms with Crippen molar-refractivity contribution in [2.45, 2.75) is 37.7 Å². The second-order valence-corrected chi connectivity index (χ2v) is 4.62. The predicted molar refractivity (Wildman–Crippen MR) is 62.3 cm³/mol. The minimum absolute atomic E-state index is 0.122. The fourth-order valence-corrected chi connectivity index (χ4v) is 2.21. The molecule has 0 bridgehead atoms. The SMILES string of the molecule is N#Cc1ccc(C(F)(F)F)cc1NC1CCC(F)C1. The van der Waals surface area contributed by atoms with Crippen LogP contribution < -0.4 is 5.32 Å². The average Bonchev–Trinajstić information content (AvgIpc) is 2.73. The maximum atomic E-state index is 13.0. The molecular formula is C13H12F4N2. The second-order valence-electron chi connectivity index (χ2n) is 4.62. The van der Waals surface area contributed by atoms with E-state index in [-0.39, 0.29) is 23.7 Å². The van der Waals surface area contributed by atoms with Gasteiger partial charge in [-0.25, -0.2) is 4.39 Å². The first-order valence-corrected chi connectivity index (χ1v) is 5.92. The Labute approximate surface area is 108 Å². The molecule has 0 heterocycles. The van der Waals surface area contributed by atoms with Gasteiger partial charge in [0, 0.05) is 6.04 Å². The molecule has 1 saturated carbocycles. The van der Waals surface area contributed by atoms with Crippen molar-refractivity contribution in [2.24, 2.45) is 0 Å². The van der Waals surface area contributed by atoms with Gasteiger partial charge in [0.15, 0.2) is 0 Å². The standard InChI is InChI=1S/C13H12F4N2/c14-10-3-4-11(6-10)19-12-5-9(13(15,16)17)2-1-8(12)7-18/h1-2,5,10-11,19H,3-4,6H2. The average molecular weight is 272 g/mol. The van der Waals surface area contributed by atoms with Crippen LogP contribution in [-0.4, -0.2) is 12.2 Å². The number of alkyl halides is 4. The molecule has 1 aromatic carbocycles. The first-order chi connectivity index (χ1) is 8.90. The van der Waals surface area contributed by atoms with Gasteiger partial charge in [0.1, 0.15) is 12.2 Å². The molecule has 1 aliphatic carbocycles. The highest BCUT2D eigenvalue weighted by atomic mass is 19.4. The van der Waals surface area contributed by atoms with E-state index in [9.17, 15) is 17.6 Å². The van der Waals surface area contributed by atoms with Crippen LogP contribution in [0.5, 0.6) is 0 Å². The van der Waals surface area contributed by atoms with E-state index in [1.807, 2.05) is 6.07 Å². The molecule has 6 heteroatoms. The predicted octanol–water partition coefficient (Wildman–Crippen LogP) is 3.88. The van der Waals surface area contributed by atoms with Crippen molar-refractivity contribution in [3.05, 3.63) is 29.3 Å². The maximum absolute atomic E-state index is 13.0. The fraction of sp³-hybridized carbons (Fsp3) is 0.462. The van der Waals surface area contributed by atoms with Crippen LogP contribution in [0.15, 0.2) is 18.2 Å². The van der Waals surface area contributed by atoms with Crippen molar-refractivity contribution in [3.63, 3.8) is 0 Å². The number of hydrogen-bond acceptors (Lipinski definition) is 2. The monoisotopic (exact) mass is 272 g/mol. The van der Waals surface area contributed by atoms with Crippen LogP contribution in [0.1, 0.15) is 30.4 Å².